The highest BCUT2D eigenvalue weighted by Gasteiger charge is 2.30. The van der Waals surface area contributed by atoms with E-state index in [1.807, 2.05) is 49.5 Å². The van der Waals surface area contributed by atoms with E-state index in [9.17, 15) is 18.3 Å². The van der Waals surface area contributed by atoms with E-state index in [4.69, 9.17) is 9.90 Å². The number of nitrogens with zero attached hydrogens (tertiary/aromatic N) is 2. The highest BCUT2D eigenvalue weighted by Crippen LogP contribution is 2.37. The zero-order valence-electron chi connectivity index (χ0n) is 25.0. The predicted octanol–water partition coefficient (Wildman–Crippen LogP) is 3.70. The number of aromatic nitrogens is 1. The number of benzene rings is 2. The summed E-state index contributed by atoms with van der Waals surface area (Å²) in [5.74, 6) is -0.296. The van der Waals surface area contributed by atoms with E-state index in [2.05, 4.69) is 15.2 Å². The lowest BCUT2D eigenvalue weighted by atomic mass is 9.99. The highest BCUT2D eigenvalue weighted by atomic mass is 32.2. The van der Waals surface area contributed by atoms with Gasteiger partial charge >= 0.3 is 0 Å². The summed E-state index contributed by atoms with van der Waals surface area (Å²) in [4.78, 5) is 22.1. The van der Waals surface area contributed by atoms with Crippen molar-refractivity contribution in [1.29, 1.82) is 0 Å². The molecular weight excluding hydrogens is 568 g/mol. The van der Waals surface area contributed by atoms with Crippen LogP contribution in [-0.2, 0) is 34.2 Å². The molecule has 5 rings (SSSR count). The van der Waals surface area contributed by atoms with Crippen molar-refractivity contribution in [3.8, 4) is 0 Å². The first-order valence-corrected chi connectivity index (χ1v) is 16.8. The zero-order valence-corrected chi connectivity index (χ0v) is 25.9. The molecule has 10 nitrogen and oxygen atoms in total. The average Bonchev–Trinajstić information content (AvgIpc) is 3.11. The van der Waals surface area contributed by atoms with E-state index < -0.39 is 22.2 Å². The lowest BCUT2D eigenvalue weighted by molar-refractivity contribution is -0.122. The summed E-state index contributed by atoms with van der Waals surface area (Å²) in [5.41, 5.74) is 3.76. The van der Waals surface area contributed by atoms with Crippen molar-refractivity contribution in [3.63, 3.8) is 0 Å². The van der Waals surface area contributed by atoms with Crippen molar-refractivity contribution in [2.45, 2.75) is 83.0 Å². The van der Waals surface area contributed by atoms with Crippen LogP contribution in [0.3, 0.4) is 0 Å². The van der Waals surface area contributed by atoms with Crippen LogP contribution in [0.5, 0.6) is 0 Å². The largest absolute Gasteiger partial charge is 0.483 e. The number of anilines is 1. The van der Waals surface area contributed by atoms with E-state index in [1.165, 1.54) is 30.0 Å². The number of sulfonamides is 1. The molecule has 1 saturated carbocycles. The van der Waals surface area contributed by atoms with Crippen LogP contribution in [-0.4, -0.2) is 73.1 Å². The Hall–Kier alpha value is -3.41. The molecule has 43 heavy (non-hydrogen) atoms. The third-order valence-electron chi connectivity index (χ3n) is 8.58. The maximum Gasteiger partial charge on any atom is 0.290 e. The quantitative estimate of drug-likeness (QED) is 0.213. The Kier molecular flexibility index (Phi) is 11.2. The Bertz CT molecular complexity index is 1480. The third kappa shape index (κ3) is 7.95. The molecule has 1 aliphatic carbocycles. The molecule has 3 aromatic rings. The van der Waals surface area contributed by atoms with Gasteiger partial charge in [0.1, 0.15) is 0 Å². The van der Waals surface area contributed by atoms with Gasteiger partial charge < -0.3 is 25.4 Å². The second-order valence-electron chi connectivity index (χ2n) is 11.4. The fourth-order valence-corrected chi connectivity index (χ4v) is 7.36. The summed E-state index contributed by atoms with van der Waals surface area (Å²) in [6.07, 6.45) is 9.30. The van der Waals surface area contributed by atoms with E-state index >= 15 is 0 Å². The van der Waals surface area contributed by atoms with Gasteiger partial charge in [-0.05, 0) is 55.9 Å². The molecule has 4 N–H and O–H groups in total. The normalized spacial score (nSPS) is 18.1. The predicted molar refractivity (Wildman–Crippen MR) is 169 cm³/mol. The van der Waals surface area contributed by atoms with E-state index in [0.717, 1.165) is 34.9 Å². The molecule has 2 aromatic carbocycles. The summed E-state index contributed by atoms with van der Waals surface area (Å²) >= 11 is 0. The SMILES string of the molecule is CCn1cc2c3c(cc(C(=O)N[C@@H](Cc4ccccc4)[C@H](O)CNC4CCCCCC4)cc31)N(C)S(=O)(=O)CC2.O=CO. The Labute approximate surface area is 254 Å². The summed E-state index contributed by atoms with van der Waals surface area (Å²) in [7, 11) is -1.94. The Morgan fingerprint density at radius 3 is 2.44 bits per heavy atom. The minimum atomic E-state index is -3.50. The monoisotopic (exact) mass is 612 g/mol. The number of hydrogen-bond acceptors (Lipinski definition) is 6. The number of aliphatic hydroxyl groups excluding tert-OH is 1. The number of carbonyl (C=O) groups is 2. The number of aryl methyl sites for hydroxylation is 2. The lowest BCUT2D eigenvalue weighted by Gasteiger charge is -2.27. The molecule has 2 aliphatic rings. The Morgan fingerprint density at radius 1 is 1.12 bits per heavy atom. The minimum Gasteiger partial charge on any atom is -0.483 e. The molecule has 0 bridgehead atoms. The van der Waals surface area contributed by atoms with Crippen LogP contribution in [0.25, 0.3) is 10.9 Å². The molecule has 2 heterocycles. The summed E-state index contributed by atoms with van der Waals surface area (Å²) < 4.78 is 29.2. The first-order valence-electron chi connectivity index (χ1n) is 15.1. The Morgan fingerprint density at radius 2 is 1.79 bits per heavy atom. The van der Waals surface area contributed by atoms with E-state index in [1.54, 1.807) is 13.1 Å². The average molecular weight is 613 g/mol. The standard InChI is InChI=1S/C31H42N4O4S.CH2O2/c1-3-35-21-23-15-16-40(38,39)34(2)27-18-24(19-28(35)30(23)27)31(37)33-26(17-22-11-7-6-8-12-22)29(36)20-32-25-13-9-4-5-10-14-25;2-1-3/h6-8,11-12,18-19,21,25-26,29,32,36H,3-5,9-10,13-17,20H2,1-2H3,(H,33,37);1H,(H,2,3)/t26-,29+;/m0./s1. The minimum absolute atomic E-state index is 0.0296. The van der Waals surface area contributed by atoms with Crippen LogP contribution in [0.1, 0.15) is 66.9 Å². The van der Waals surface area contributed by atoms with Gasteiger partial charge in [0, 0.05) is 43.3 Å². The van der Waals surface area contributed by atoms with E-state index in [0.29, 0.717) is 43.2 Å². The number of aliphatic hydroxyl groups is 1. The number of amides is 1. The molecule has 1 aromatic heterocycles. The van der Waals surface area contributed by atoms with Crippen molar-refractivity contribution >= 4 is 39.0 Å². The van der Waals surface area contributed by atoms with Gasteiger partial charge in [-0.25, -0.2) is 8.42 Å². The van der Waals surface area contributed by atoms with Crippen LogP contribution in [0, 0.1) is 0 Å². The van der Waals surface area contributed by atoms with Crippen LogP contribution in [0.4, 0.5) is 5.69 Å². The van der Waals surface area contributed by atoms with Gasteiger partial charge in [-0.15, -0.1) is 0 Å². The van der Waals surface area contributed by atoms with Crippen molar-refractivity contribution in [3.05, 3.63) is 65.4 Å². The number of nitrogens with one attached hydrogen (secondary N) is 2. The van der Waals surface area contributed by atoms with Crippen molar-refractivity contribution in [2.75, 3.05) is 23.7 Å². The van der Waals surface area contributed by atoms with Gasteiger partial charge in [0.2, 0.25) is 10.0 Å². The van der Waals surface area contributed by atoms with Gasteiger partial charge in [0.15, 0.2) is 0 Å². The molecule has 11 heteroatoms. The van der Waals surface area contributed by atoms with Gasteiger partial charge in [-0.1, -0.05) is 56.0 Å². The maximum absolute atomic E-state index is 13.8. The number of carboxylic acid groups (broad SMARTS) is 1. The number of rotatable bonds is 9. The Balaban J connectivity index is 0.00000135. The van der Waals surface area contributed by atoms with Crippen LogP contribution < -0.4 is 14.9 Å². The second-order valence-corrected chi connectivity index (χ2v) is 13.5. The van der Waals surface area contributed by atoms with Gasteiger partial charge in [0.05, 0.1) is 29.1 Å². The van der Waals surface area contributed by atoms with Crippen LogP contribution in [0.15, 0.2) is 48.7 Å². The molecule has 1 fully saturated rings. The first-order chi connectivity index (χ1) is 20.7. The van der Waals surface area contributed by atoms with Crippen molar-refractivity contribution < 1.29 is 28.2 Å². The van der Waals surface area contributed by atoms with Crippen LogP contribution in [0.2, 0.25) is 0 Å². The molecule has 2 atom stereocenters. The number of carbonyl (C=O) groups excluding carboxylic acids is 1. The molecule has 0 radical (unpaired) electrons. The second kappa shape index (κ2) is 14.9. The molecule has 1 amide bonds. The molecular formula is C32H44N4O6S. The molecule has 0 saturated heterocycles. The molecule has 234 valence electrons. The van der Waals surface area contributed by atoms with Crippen molar-refractivity contribution in [1.82, 2.24) is 15.2 Å². The molecule has 0 unspecified atom stereocenters. The van der Waals surface area contributed by atoms with Gasteiger partial charge in [-0.2, -0.15) is 0 Å². The van der Waals surface area contributed by atoms with Crippen molar-refractivity contribution in [2.24, 2.45) is 0 Å². The van der Waals surface area contributed by atoms with Gasteiger partial charge in [0.25, 0.3) is 12.4 Å². The van der Waals surface area contributed by atoms with Crippen LogP contribution >= 0.6 is 0 Å². The summed E-state index contributed by atoms with van der Waals surface area (Å²) in [5, 5.41) is 25.7. The molecule has 1 aliphatic heterocycles. The number of hydrogen-bond donors (Lipinski definition) is 4. The lowest BCUT2D eigenvalue weighted by Crippen LogP contribution is -2.50. The first kappa shape index (κ1) is 32.5. The van der Waals surface area contributed by atoms with E-state index in [-0.39, 0.29) is 18.1 Å². The topological polar surface area (TPSA) is 141 Å². The smallest absolute Gasteiger partial charge is 0.290 e. The van der Waals surface area contributed by atoms with Gasteiger partial charge in [-0.3, -0.25) is 13.9 Å². The fraction of sp³-hybridized carbons (Fsp3) is 0.500. The third-order valence-corrected chi connectivity index (χ3v) is 10.3. The summed E-state index contributed by atoms with van der Waals surface area (Å²) in [6.45, 7) is 2.89. The maximum atomic E-state index is 13.8. The zero-order chi connectivity index (χ0) is 31.0. The molecule has 0 spiro atoms. The highest BCUT2D eigenvalue weighted by molar-refractivity contribution is 7.92. The fourth-order valence-electron chi connectivity index (χ4n) is 6.16. The summed E-state index contributed by atoms with van der Waals surface area (Å²) in [6, 6.07) is 13.3.